The number of unbranched alkanes of at least 4 members (excludes halogenated alkanes) is 1. The Morgan fingerprint density at radius 3 is 2.70 bits per heavy atom. The zero-order valence-electron chi connectivity index (χ0n) is 12.0. The van der Waals surface area contributed by atoms with E-state index < -0.39 is 0 Å². The molecule has 3 rings (SSSR count). The second-order valence-corrected chi connectivity index (χ2v) is 6.45. The van der Waals surface area contributed by atoms with Crippen molar-refractivity contribution < 1.29 is 0 Å². The van der Waals surface area contributed by atoms with Gasteiger partial charge in [-0.25, -0.2) is 0 Å². The molecule has 1 saturated carbocycles. The molecule has 1 aromatic carbocycles. The summed E-state index contributed by atoms with van der Waals surface area (Å²) in [6, 6.07) is 10.6. The van der Waals surface area contributed by atoms with E-state index in [1.165, 1.54) is 37.1 Å². The monoisotopic (exact) mass is 287 g/mol. The molecule has 0 N–H and O–H groups in total. The van der Waals surface area contributed by atoms with E-state index in [9.17, 15) is 0 Å². The van der Waals surface area contributed by atoms with Crippen LogP contribution in [0.4, 0.5) is 0 Å². The molecule has 106 valence electrons. The van der Waals surface area contributed by atoms with Crippen molar-refractivity contribution in [3.05, 3.63) is 41.7 Å². The summed E-state index contributed by atoms with van der Waals surface area (Å²) in [5.41, 5.74) is 1.33. The van der Waals surface area contributed by atoms with Crippen molar-refractivity contribution in [1.29, 1.82) is 0 Å². The average Bonchev–Trinajstić information content (AvgIpc) is 3.25. The Hall–Kier alpha value is -1.29. The molecule has 0 bridgehead atoms. The normalized spacial score (nSPS) is 14.7. The quantitative estimate of drug-likeness (QED) is 0.567. The van der Waals surface area contributed by atoms with Gasteiger partial charge in [0.1, 0.15) is 5.82 Å². The number of thioether (sulfide) groups is 1. The fraction of sp³-hybridized carbons (Fsp3) is 0.500. The predicted molar refractivity (Wildman–Crippen MR) is 83.2 cm³/mol. The molecule has 2 aromatic rings. The maximum absolute atomic E-state index is 4.45. The molecule has 1 aliphatic carbocycles. The highest BCUT2D eigenvalue weighted by molar-refractivity contribution is 7.99. The molecule has 0 atom stereocenters. The van der Waals surface area contributed by atoms with Gasteiger partial charge in [0, 0.05) is 11.7 Å². The van der Waals surface area contributed by atoms with E-state index in [2.05, 4.69) is 52.0 Å². The first-order valence-electron chi connectivity index (χ1n) is 7.48. The number of hydrogen-bond acceptors (Lipinski definition) is 3. The van der Waals surface area contributed by atoms with Crippen LogP contribution in [0.3, 0.4) is 0 Å². The summed E-state index contributed by atoms with van der Waals surface area (Å²) in [5, 5.41) is 9.95. The fourth-order valence-corrected chi connectivity index (χ4v) is 3.30. The molecule has 0 unspecified atom stereocenters. The van der Waals surface area contributed by atoms with Crippen LogP contribution in [-0.4, -0.2) is 20.5 Å². The van der Waals surface area contributed by atoms with Gasteiger partial charge in [-0.3, -0.25) is 0 Å². The van der Waals surface area contributed by atoms with E-state index in [4.69, 9.17) is 0 Å². The third-order valence-electron chi connectivity index (χ3n) is 3.60. The molecule has 20 heavy (non-hydrogen) atoms. The summed E-state index contributed by atoms with van der Waals surface area (Å²) in [7, 11) is 0. The highest BCUT2D eigenvalue weighted by Crippen LogP contribution is 2.40. The van der Waals surface area contributed by atoms with Crippen LogP contribution in [0.5, 0.6) is 0 Å². The van der Waals surface area contributed by atoms with Crippen molar-refractivity contribution in [2.24, 2.45) is 0 Å². The maximum atomic E-state index is 4.45. The molecule has 0 saturated heterocycles. The Morgan fingerprint density at radius 1 is 1.20 bits per heavy atom. The van der Waals surface area contributed by atoms with Crippen LogP contribution in [0, 0.1) is 0 Å². The lowest BCUT2D eigenvalue weighted by Gasteiger charge is -2.09. The zero-order chi connectivity index (χ0) is 13.8. The van der Waals surface area contributed by atoms with Crippen molar-refractivity contribution in [3.8, 4) is 0 Å². The van der Waals surface area contributed by atoms with E-state index in [0.29, 0.717) is 5.92 Å². The van der Waals surface area contributed by atoms with E-state index in [-0.39, 0.29) is 0 Å². The van der Waals surface area contributed by atoms with E-state index in [1.807, 2.05) is 11.8 Å². The summed E-state index contributed by atoms with van der Waals surface area (Å²) in [6.45, 7) is 3.12. The van der Waals surface area contributed by atoms with Crippen LogP contribution >= 0.6 is 11.8 Å². The lowest BCUT2D eigenvalue weighted by molar-refractivity contribution is 0.667. The summed E-state index contributed by atoms with van der Waals surface area (Å²) >= 11 is 1.85. The van der Waals surface area contributed by atoms with Gasteiger partial charge in [-0.2, -0.15) is 0 Å². The largest absolute Gasteiger partial charge is 0.301 e. The van der Waals surface area contributed by atoms with Crippen molar-refractivity contribution in [3.63, 3.8) is 0 Å². The summed E-state index contributed by atoms with van der Waals surface area (Å²) < 4.78 is 2.33. The molecule has 1 aromatic heterocycles. The van der Waals surface area contributed by atoms with Crippen molar-refractivity contribution in [1.82, 2.24) is 14.8 Å². The Morgan fingerprint density at radius 2 is 2.00 bits per heavy atom. The van der Waals surface area contributed by atoms with Crippen LogP contribution in [0.2, 0.25) is 0 Å². The van der Waals surface area contributed by atoms with E-state index >= 15 is 0 Å². The molecular weight excluding hydrogens is 266 g/mol. The van der Waals surface area contributed by atoms with Gasteiger partial charge in [0.05, 0.1) is 6.54 Å². The Labute approximate surface area is 124 Å². The first-order chi connectivity index (χ1) is 9.88. The molecule has 4 heteroatoms. The Kier molecular flexibility index (Phi) is 4.41. The fourth-order valence-electron chi connectivity index (χ4n) is 2.27. The smallest absolute Gasteiger partial charge is 0.191 e. The first-order valence-corrected chi connectivity index (χ1v) is 8.47. The SMILES string of the molecule is CCCCSc1nnc(C2CC2)n1Cc1ccccc1. The second-order valence-electron chi connectivity index (χ2n) is 5.39. The minimum Gasteiger partial charge on any atom is -0.301 e. The van der Waals surface area contributed by atoms with Crippen molar-refractivity contribution >= 4 is 11.8 Å². The molecule has 3 nitrogen and oxygen atoms in total. The van der Waals surface area contributed by atoms with E-state index in [0.717, 1.165) is 17.5 Å². The van der Waals surface area contributed by atoms with Gasteiger partial charge in [0.25, 0.3) is 0 Å². The number of hydrogen-bond donors (Lipinski definition) is 0. The Bertz CT molecular complexity index is 546. The molecule has 1 heterocycles. The molecule has 1 fully saturated rings. The molecular formula is C16H21N3S. The second kappa shape index (κ2) is 6.44. The molecule has 1 aliphatic rings. The standard InChI is InChI=1S/C16H21N3S/c1-2-3-11-20-16-18-17-15(14-9-10-14)19(16)12-13-7-5-4-6-8-13/h4-8,14H,2-3,9-12H2,1H3. The minimum atomic E-state index is 0.645. The van der Waals surface area contributed by atoms with Crippen LogP contribution < -0.4 is 0 Å². The number of benzene rings is 1. The van der Waals surface area contributed by atoms with Gasteiger partial charge in [-0.1, -0.05) is 55.4 Å². The molecule has 0 amide bonds. The predicted octanol–water partition coefficient (Wildman–Crippen LogP) is 4.10. The number of aromatic nitrogens is 3. The maximum Gasteiger partial charge on any atom is 0.191 e. The lowest BCUT2D eigenvalue weighted by atomic mass is 10.2. The topological polar surface area (TPSA) is 30.7 Å². The first kappa shape index (κ1) is 13.7. The number of rotatable bonds is 7. The van der Waals surface area contributed by atoms with Crippen LogP contribution in [0.1, 0.15) is 49.9 Å². The third-order valence-corrected chi connectivity index (χ3v) is 4.65. The zero-order valence-corrected chi connectivity index (χ0v) is 12.8. The molecule has 0 radical (unpaired) electrons. The lowest BCUT2D eigenvalue weighted by Crippen LogP contribution is -2.06. The Balaban J connectivity index is 1.80. The summed E-state index contributed by atoms with van der Waals surface area (Å²) in [5.74, 6) is 2.97. The van der Waals surface area contributed by atoms with Crippen LogP contribution in [0.25, 0.3) is 0 Å². The van der Waals surface area contributed by atoms with Crippen LogP contribution in [-0.2, 0) is 6.54 Å². The van der Waals surface area contributed by atoms with E-state index in [1.54, 1.807) is 0 Å². The average molecular weight is 287 g/mol. The minimum absolute atomic E-state index is 0.645. The highest BCUT2D eigenvalue weighted by Gasteiger charge is 2.30. The molecule has 0 spiro atoms. The summed E-state index contributed by atoms with van der Waals surface area (Å²) in [6.07, 6.45) is 5.01. The summed E-state index contributed by atoms with van der Waals surface area (Å²) in [4.78, 5) is 0. The molecule has 0 aliphatic heterocycles. The van der Waals surface area contributed by atoms with Crippen molar-refractivity contribution in [2.45, 2.75) is 50.2 Å². The van der Waals surface area contributed by atoms with Crippen molar-refractivity contribution in [2.75, 3.05) is 5.75 Å². The van der Waals surface area contributed by atoms with Gasteiger partial charge in [-0.05, 0) is 24.8 Å². The number of nitrogens with zero attached hydrogens (tertiary/aromatic N) is 3. The van der Waals surface area contributed by atoms with Gasteiger partial charge < -0.3 is 4.57 Å². The van der Waals surface area contributed by atoms with Gasteiger partial charge in [-0.15, -0.1) is 10.2 Å². The highest BCUT2D eigenvalue weighted by atomic mass is 32.2. The van der Waals surface area contributed by atoms with Gasteiger partial charge in [0.15, 0.2) is 5.16 Å². The van der Waals surface area contributed by atoms with Gasteiger partial charge in [0.2, 0.25) is 0 Å². The van der Waals surface area contributed by atoms with Gasteiger partial charge >= 0.3 is 0 Å². The van der Waals surface area contributed by atoms with Crippen LogP contribution in [0.15, 0.2) is 35.5 Å². The third kappa shape index (κ3) is 3.23.